The van der Waals surface area contributed by atoms with Gasteiger partial charge in [-0.05, 0) is 49.4 Å². The number of benzene rings is 2. The summed E-state index contributed by atoms with van der Waals surface area (Å²) >= 11 is 12.1. The Labute approximate surface area is 194 Å². The van der Waals surface area contributed by atoms with Crippen LogP contribution < -0.4 is 5.32 Å². The fourth-order valence-electron chi connectivity index (χ4n) is 3.85. The van der Waals surface area contributed by atoms with Crippen molar-refractivity contribution in [3.63, 3.8) is 0 Å². The van der Waals surface area contributed by atoms with E-state index < -0.39 is 10.0 Å². The largest absolute Gasteiger partial charge is 0.349 e. The van der Waals surface area contributed by atoms with Gasteiger partial charge in [0.25, 0.3) is 0 Å². The average molecular weight is 483 g/mol. The molecule has 0 bridgehead atoms. The van der Waals surface area contributed by atoms with Gasteiger partial charge >= 0.3 is 0 Å². The highest BCUT2D eigenvalue weighted by atomic mass is 35.5. The number of hydrogen-bond donors (Lipinski definition) is 1. The molecule has 0 saturated carbocycles. The first-order valence-electron chi connectivity index (χ1n) is 10.5. The van der Waals surface area contributed by atoms with E-state index in [4.69, 9.17) is 23.2 Å². The van der Waals surface area contributed by atoms with Crippen LogP contribution in [0.15, 0.2) is 42.5 Å². The molecule has 3 rings (SSSR count). The highest BCUT2D eigenvalue weighted by Crippen LogP contribution is 2.27. The molecule has 2 aromatic rings. The molecule has 8 heteroatoms. The van der Waals surface area contributed by atoms with Crippen molar-refractivity contribution in [2.24, 2.45) is 5.92 Å². The molecular formula is C23H28Cl2N2O3S. The Bertz CT molecular complexity index is 1030. The molecule has 0 spiro atoms. The van der Waals surface area contributed by atoms with Crippen LogP contribution in [0.1, 0.15) is 48.9 Å². The first kappa shape index (κ1) is 24.1. The Kier molecular flexibility index (Phi) is 8.03. The molecule has 0 radical (unpaired) electrons. The zero-order chi connectivity index (χ0) is 22.6. The average Bonchev–Trinajstić information content (AvgIpc) is 2.74. The van der Waals surface area contributed by atoms with Gasteiger partial charge < -0.3 is 5.32 Å². The van der Waals surface area contributed by atoms with Crippen molar-refractivity contribution in [3.8, 4) is 0 Å². The summed E-state index contributed by atoms with van der Waals surface area (Å²) in [4.78, 5) is 13.0. The number of aryl methyl sites for hydroxylation is 1. The third-order valence-corrected chi connectivity index (χ3v) is 8.09. The molecule has 1 aliphatic rings. The predicted octanol–water partition coefficient (Wildman–Crippen LogP) is 5.11. The number of carbonyl (C=O) groups excluding carboxylic acids is 1. The maximum atomic E-state index is 13.0. The predicted molar refractivity (Wildman–Crippen MR) is 126 cm³/mol. The lowest BCUT2D eigenvalue weighted by atomic mass is 9.97. The Balaban J connectivity index is 1.67. The van der Waals surface area contributed by atoms with Crippen molar-refractivity contribution in [3.05, 3.63) is 69.2 Å². The molecule has 1 heterocycles. The first-order chi connectivity index (χ1) is 14.7. The van der Waals surface area contributed by atoms with Crippen molar-refractivity contribution in [1.29, 1.82) is 0 Å². The Hall–Kier alpha value is -1.60. The van der Waals surface area contributed by atoms with Gasteiger partial charge in [-0.3, -0.25) is 4.79 Å². The minimum Gasteiger partial charge on any atom is -0.349 e. The second-order valence-electron chi connectivity index (χ2n) is 8.07. The van der Waals surface area contributed by atoms with Crippen LogP contribution in [0.5, 0.6) is 0 Å². The van der Waals surface area contributed by atoms with Crippen molar-refractivity contribution < 1.29 is 13.2 Å². The molecule has 1 saturated heterocycles. The van der Waals surface area contributed by atoms with E-state index in [9.17, 15) is 13.2 Å². The number of amides is 1. The Morgan fingerprint density at radius 2 is 1.90 bits per heavy atom. The number of nitrogens with one attached hydrogen (secondary N) is 1. The summed E-state index contributed by atoms with van der Waals surface area (Å²) in [7, 11) is -3.60. The van der Waals surface area contributed by atoms with E-state index in [1.165, 1.54) is 15.9 Å². The second-order valence-corrected chi connectivity index (χ2v) is 10.9. The molecule has 2 atom stereocenters. The van der Waals surface area contributed by atoms with Crippen molar-refractivity contribution >= 4 is 39.1 Å². The zero-order valence-electron chi connectivity index (χ0n) is 17.8. The van der Waals surface area contributed by atoms with Crippen LogP contribution in [0.4, 0.5) is 0 Å². The number of rotatable bonds is 7. The Morgan fingerprint density at radius 3 is 2.55 bits per heavy atom. The van der Waals surface area contributed by atoms with Gasteiger partial charge in [0.1, 0.15) is 0 Å². The quantitative estimate of drug-likeness (QED) is 0.595. The summed E-state index contributed by atoms with van der Waals surface area (Å²) in [6.45, 7) is 4.64. The highest BCUT2D eigenvalue weighted by molar-refractivity contribution is 7.88. The van der Waals surface area contributed by atoms with E-state index in [0.29, 0.717) is 35.0 Å². The molecule has 5 nitrogen and oxygen atoms in total. The maximum Gasteiger partial charge on any atom is 0.224 e. The zero-order valence-corrected chi connectivity index (χ0v) is 20.1. The molecule has 1 aliphatic heterocycles. The number of nitrogens with zero attached hydrogens (tertiary/aromatic N) is 1. The van der Waals surface area contributed by atoms with Gasteiger partial charge in [-0.2, -0.15) is 0 Å². The molecule has 0 unspecified atom stereocenters. The normalized spacial score (nSPS) is 18.5. The van der Waals surface area contributed by atoms with E-state index in [-0.39, 0.29) is 30.2 Å². The molecule has 2 aromatic carbocycles. The molecule has 168 valence electrons. The fraction of sp³-hybridized carbons (Fsp3) is 0.435. The molecule has 31 heavy (non-hydrogen) atoms. The van der Waals surface area contributed by atoms with E-state index in [1.807, 2.05) is 38.1 Å². The van der Waals surface area contributed by atoms with Crippen molar-refractivity contribution in [2.45, 2.75) is 44.9 Å². The summed E-state index contributed by atoms with van der Waals surface area (Å²) < 4.78 is 27.4. The number of carbonyl (C=O) groups is 1. The number of sulfonamides is 1. The summed E-state index contributed by atoms with van der Waals surface area (Å²) in [6, 6.07) is 12.8. The van der Waals surface area contributed by atoms with Crippen molar-refractivity contribution in [2.75, 3.05) is 13.1 Å². The highest BCUT2D eigenvalue weighted by Gasteiger charge is 2.33. The third-order valence-electron chi connectivity index (χ3n) is 5.71. The van der Waals surface area contributed by atoms with Crippen LogP contribution in [0.3, 0.4) is 0 Å². The lowest BCUT2D eigenvalue weighted by Gasteiger charge is -2.32. The fourth-order valence-corrected chi connectivity index (χ4v) is 6.04. The van der Waals surface area contributed by atoms with E-state index in [1.54, 1.807) is 12.1 Å². The van der Waals surface area contributed by atoms with Crippen LogP contribution in [0.25, 0.3) is 0 Å². The van der Waals surface area contributed by atoms with Gasteiger partial charge in [0.15, 0.2) is 0 Å². The summed E-state index contributed by atoms with van der Waals surface area (Å²) in [5, 5.41) is 3.90. The molecule has 0 aromatic heterocycles. The molecule has 1 fully saturated rings. The standard InChI is InChI=1S/C23H28Cl2N2O3S/c1-3-22(17-8-6-16(2)7-9-17)26-23(28)18-5-4-12-27(14-18)31(29,30)15-19-10-11-20(24)13-21(19)25/h6-11,13,18,22H,3-5,12,14-15H2,1-2H3,(H,26,28)/t18-,22-/m1/s1. The molecule has 1 amide bonds. The SMILES string of the molecule is CC[C@@H](NC(=O)[C@@H]1CCCN(S(=O)(=O)Cc2ccc(Cl)cc2Cl)C1)c1ccc(C)cc1. The maximum absolute atomic E-state index is 13.0. The lowest BCUT2D eigenvalue weighted by molar-refractivity contribution is -0.126. The van der Waals surface area contributed by atoms with Gasteiger partial charge in [0.2, 0.25) is 15.9 Å². The van der Waals surface area contributed by atoms with E-state index >= 15 is 0 Å². The smallest absolute Gasteiger partial charge is 0.224 e. The van der Waals surface area contributed by atoms with Gasteiger partial charge in [0, 0.05) is 23.1 Å². The monoisotopic (exact) mass is 482 g/mol. The van der Waals surface area contributed by atoms with Gasteiger partial charge in [-0.1, -0.05) is 66.0 Å². The molecular weight excluding hydrogens is 455 g/mol. The molecule has 1 N–H and O–H groups in total. The van der Waals surface area contributed by atoms with E-state index in [0.717, 1.165) is 12.0 Å². The summed E-state index contributed by atoms with van der Waals surface area (Å²) in [5.41, 5.74) is 2.72. The van der Waals surface area contributed by atoms with Crippen LogP contribution in [0.2, 0.25) is 10.0 Å². The Morgan fingerprint density at radius 1 is 1.19 bits per heavy atom. The second kappa shape index (κ2) is 10.3. The number of hydrogen-bond acceptors (Lipinski definition) is 3. The number of piperidine rings is 1. The van der Waals surface area contributed by atoms with Crippen LogP contribution >= 0.6 is 23.2 Å². The van der Waals surface area contributed by atoms with Gasteiger partial charge in [-0.15, -0.1) is 0 Å². The summed E-state index contributed by atoms with van der Waals surface area (Å²) in [5.74, 6) is -0.682. The first-order valence-corrected chi connectivity index (χ1v) is 12.8. The molecule has 0 aliphatic carbocycles. The lowest BCUT2D eigenvalue weighted by Crippen LogP contribution is -2.46. The van der Waals surface area contributed by atoms with Crippen LogP contribution in [0, 0.1) is 12.8 Å². The summed E-state index contributed by atoms with van der Waals surface area (Å²) in [6.07, 6.45) is 2.08. The van der Waals surface area contributed by atoms with Gasteiger partial charge in [0.05, 0.1) is 17.7 Å². The van der Waals surface area contributed by atoms with Crippen molar-refractivity contribution in [1.82, 2.24) is 9.62 Å². The van der Waals surface area contributed by atoms with Crippen LogP contribution in [-0.2, 0) is 20.6 Å². The minimum absolute atomic E-state index is 0.0899. The minimum atomic E-state index is -3.60. The van der Waals surface area contributed by atoms with Gasteiger partial charge in [-0.25, -0.2) is 12.7 Å². The third kappa shape index (κ3) is 6.22. The topological polar surface area (TPSA) is 66.5 Å². The van der Waals surface area contributed by atoms with E-state index in [2.05, 4.69) is 5.32 Å². The van der Waals surface area contributed by atoms with Crippen LogP contribution in [-0.4, -0.2) is 31.7 Å². The number of halogens is 2.